The quantitative estimate of drug-likeness (QED) is 0.0262. The van der Waals surface area contributed by atoms with Crippen LogP contribution in [0.15, 0.2) is 158 Å². The minimum absolute atomic E-state index is 0.0866. The summed E-state index contributed by atoms with van der Waals surface area (Å²) in [6, 6.07) is 0. The molecule has 1 unspecified atom stereocenters. The van der Waals surface area contributed by atoms with Gasteiger partial charge in [-0.15, -0.1) is 0 Å². The Kier molecular flexibility index (Phi) is 51.6. The third kappa shape index (κ3) is 53.8. The van der Waals surface area contributed by atoms with Crippen LogP contribution in [-0.4, -0.2) is 37.2 Å². The Labute approximate surface area is 422 Å². The van der Waals surface area contributed by atoms with E-state index < -0.39 is 12.1 Å². The Morgan fingerprint density at radius 1 is 0.319 bits per heavy atom. The SMILES string of the molecule is CC/C=C\C/C=C\C/C=C\C/C=C\C/C=C\C/C=C\C/C=C\C/C=C\CCCCCCCCC(=O)OCC(COC(=O)CCCCCCC)OC(=O)C/C=C\C/C=C\C/C=C\C/C=C\C/C=C\CC. The van der Waals surface area contributed by atoms with Gasteiger partial charge in [-0.25, -0.2) is 0 Å². The number of esters is 3. The molecule has 0 rings (SSSR count). The summed E-state index contributed by atoms with van der Waals surface area (Å²) in [4.78, 5) is 37.6. The Morgan fingerprint density at radius 3 is 0.957 bits per heavy atom. The van der Waals surface area contributed by atoms with Gasteiger partial charge in [-0.1, -0.05) is 230 Å². The fraction of sp³-hybridized carbons (Fsp3) is 0.540. The van der Waals surface area contributed by atoms with Crippen LogP contribution >= 0.6 is 0 Å². The van der Waals surface area contributed by atoms with E-state index in [1.165, 1.54) is 12.8 Å². The Morgan fingerprint density at radius 2 is 0.609 bits per heavy atom. The molecule has 0 N–H and O–H groups in total. The first-order valence-electron chi connectivity index (χ1n) is 27.0. The fourth-order valence-electron chi connectivity index (χ4n) is 6.59. The molecule has 0 saturated heterocycles. The molecule has 0 aliphatic carbocycles. The van der Waals surface area contributed by atoms with Crippen LogP contribution < -0.4 is 0 Å². The molecule has 0 aromatic carbocycles. The van der Waals surface area contributed by atoms with E-state index in [9.17, 15) is 14.4 Å². The third-order valence-electron chi connectivity index (χ3n) is 10.6. The number of unbranched alkanes of at least 4 members (excludes halogenated alkanes) is 10. The minimum Gasteiger partial charge on any atom is -0.462 e. The highest BCUT2D eigenvalue weighted by Gasteiger charge is 2.19. The van der Waals surface area contributed by atoms with Crippen molar-refractivity contribution in [1.82, 2.24) is 0 Å². The summed E-state index contributed by atoms with van der Waals surface area (Å²) >= 11 is 0. The lowest BCUT2D eigenvalue weighted by molar-refractivity contribution is -0.166. The molecule has 0 aliphatic heterocycles. The van der Waals surface area contributed by atoms with Crippen LogP contribution in [0.2, 0.25) is 0 Å². The molecular weight excluding hydrogens is 853 g/mol. The molecule has 0 bridgehead atoms. The van der Waals surface area contributed by atoms with Gasteiger partial charge in [0, 0.05) is 12.8 Å². The highest BCUT2D eigenvalue weighted by atomic mass is 16.6. The lowest BCUT2D eigenvalue weighted by atomic mass is 10.1. The average Bonchev–Trinajstić information content (AvgIpc) is 3.35. The normalized spacial score (nSPS) is 13.4. The van der Waals surface area contributed by atoms with Crippen molar-refractivity contribution < 1.29 is 28.6 Å². The van der Waals surface area contributed by atoms with E-state index in [-0.39, 0.29) is 31.6 Å². The van der Waals surface area contributed by atoms with Crippen molar-refractivity contribution in [2.24, 2.45) is 0 Å². The molecule has 6 heteroatoms. The van der Waals surface area contributed by atoms with Crippen molar-refractivity contribution in [2.45, 2.75) is 207 Å². The molecule has 0 spiro atoms. The second-order valence-electron chi connectivity index (χ2n) is 17.0. The zero-order chi connectivity index (χ0) is 50.0. The number of hydrogen-bond acceptors (Lipinski definition) is 6. The lowest BCUT2D eigenvalue weighted by Crippen LogP contribution is -2.30. The number of rotatable bonds is 46. The first-order chi connectivity index (χ1) is 34.0. The maximum atomic E-state index is 12.7. The molecule has 0 radical (unpaired) electrons. The van der Waals surface area contributed by atoms with Crippen LogP contribution in [0.25, 0.3) is 0 Å². The molecule has 0 heterocycles. The summed E-state index contributed by atoms with van der Waals surface area (Å²) in [6.07, 6.45) is 81.6. The van der Waals surface area contributed by atoms with Crippen LogP contribution in [-0.2, 0) is 28.6 Å². The van der Waals surface area contributed by atoms with E-state index in [1.807, 2.05) is 6.08 Å². The van der Waals surface area contributed by atoms with Gasteiger partial charge in [0.25, 0.3) is 0 Å². The van der Waals surface area contributed by atoms with Crippen molar-refractivity contribution in [1.29, 1.82) is 0 Å². The molecular formula is C63H96O6. The molecule has 0 aromatic rings. The molecule has 0 aromatic heterocycles. The molecule has 6 nitrogen and oxygen atoms in total. The minimum atomic E-state index is -0.841. The van der Waals surface area contributed by atoms with Crippen molar-refractivity contribution in [2.75, 3.05) is 13.2 Å². The number of carbonyl (C=O) groups excluding carboxylic acids is 3. The van der Waals surface area contributed by atoms with Gasteiger partial charge < -0.3 is 14.2 Å². The smallest absolute Gasteiger partial charge is 0.310 e. The predicted octanol–water partition coefficient (Wildman–Crippen LogP) is 18.2. The van der Waals surface area contributed by atoms with Gasteiger partial charge in [0.15, 0.2) is 6.10 Å². The standard InChI is InChI=1S/C63H96O6/c1-4-7-10-13-15-17-19-21-23-24-25-26-27-28-29-30-31-32-33-34-35-36-37-38-40-41-43-45-47-50-53-56-62(65)68-59-60(58-67-61(64)55-52-49-12-9-6-3)69-63(66)57-54-51-48-46-44-42-39-22-20-18-16-14-11-8-5-2/h7-8,10-11,15-18,21-23,25-26,28-29,31-32,34-35,37-39,44,46,51,54,60H,4-6,9,12-14,19-20,24,27,30,33,36,40-43,45,47-50,52-53,55-59H2,1-3H3/b10-7-,11-8-,17-15-,18-16-,23-21-,26-25-,29-28-,32-31-,35-34-,38-37-,39-22-,46-44-,54-51-. The van der Waals surface area contributed by atoms with Crippen LogP contribution in [0, 0.1) is 0 Å². The highest BCUT2D eigenvalue weighted by Crippen LogP contribution is 2.11. The summed E-state index contributed by atoms with van der Waals surface area (Å²) in [5.74, 6) is -1.10. The first-order valence-corrected chi connectivity index (χ1v) is 27.0. The van der Waals surface area contributed by atoms with E-state index >= 15 is 0 Å². The van der Waals surface area contributed by atoms with E-state index in [2.05, 4.69) is 167 Å². The Bertz CT molecular complexity index is 1610. The number of hydrogen-bond donors (Lipinski definition) is 0. The maximum absolute atomic E-state index is 12.7. The number of allylic oxidation sites excluding steroid dienone is 25. The van der Waals surface area contributed by atoms with E-state index in [1.54, 1.807) is 6.08 Å². The highest BCUT2D eigenvalue weighted by molar-refractivity contribution is 5.72. The van der Waals surface area contributed by atoms with Crippen LogP contribution in [0.3, 0.4) is 0 Å². The topological polar surface area (TPSA) is 78.9 Å². The van der Waals surface area contributed by atoms with Gasteiger partial charge >= 0.3 is 17.9 Å². The van der Waals surface area contributed by atoms with Crippen LogP contribution in [0.5, 0.6) is 0 Å². The second kappa shape index (κ2) is 55.6. The predicted molar refractivity (Wildman–Crippen MR) is 297 cm³/mol. The zero-order valence-electron chi connectivity index (χ0n) is 43.8. The Balaban J connectivity index is 4.23. The van der Waals surface area contributed by atoms with Gasteiger partial charge in [0.2, 0.25) is 0 Å². The van der Waals surface area contributed by atoms with Crippen molar-refractivity contribution in [3.63, 3.8) is 0 Å². The second-order valence-corrected chi connectivity index (χ2v) is 17.0. The van der Waals surface area contributed by atoms with Gasteiger partial charge in [0.05, 0.1) is 6.42 Å². The summed E-state index contributed by atoms with van der Waals surface area (Å²) < 4.78 is 16.5. The Hall–Kier alpha value is -4.97. The monoisotopic (exact) mass is 949 g/mol. The van der Waals surface area contributed by atoms with E-state index in [4.69, 9.17) is 14.2 Å². The van der Waals surface area contributed by atoms with Crippen molar-refractivity contribution >= 4 is 17.9 Å². The van der Waals surface area contributed by atoms with Gasteiger partial charge in [-0.2, -0.15) is 0 Å². The number of ether oxygens (including phenoxy) is 3. The number of carbonyl (C=O) groups is 3. The maximum Gasteiger partial charge on any atom is 0.310 e. The summed E-state index contributed by atoms with van der Waals surface area (Å²) in [5, 5.41) is 0. The van der Waals surface area contributed by atoms with E-state index in [0.29, 0.717) is 19.3 Å². The van der Waals surface area contributed by atoms with E-state index in [0.717, 1.165) is 141 Å². The van der Waals surface area contributed by atoms with Crippen LogP contribution in [0.4, 0.5) is 0 Å². The molecule has 0 amide bonds. The average molecular weight is 949 g/mol. The van der Waals surface area contributed by atoms with Gasteiger partial charge in [0.1, 0.15) is 13.2 Å². The fourth-order valence-corrected chi connectivity index (χ4v) is 6.59. The molecule has 0 fully saturated rings. The van der Waals surface area contributed by atoms with Crippen molar-refractivity contribution in [3.05, 3.63) is 158 Å². The summed E-state index contributed by atoms with van der Waals surface area (Å²) in [7, 11) is 0. The molecule has 69 heavy (non-hydrogen) atoms. The molecule has 0 saturated carbocycles. The van der Waals surface area contributed by atoms with Gasteiger partial charge in [-0.3, -0.25) is 14.4 Å². The first kappa shape index (κ1) is 64.0. The zero-order valence-corrected chi connectivity index (χ0v) is 43.8. The summed E-state index contributed by atoms with van der Waals surface area (Å²) in [6.45, 7) is 6.19. The van der Waals surface area contributed by atoms with Crippen LogP contribution in [0.1, 0.15) is 201 Å². The lowest BCUT2D eigenvalue weighted by Gasteiger charge is -2.18. The van der Waals surface area contributed by atoms with Gasteiger partial charge in [-0.05, 0) is 109 Å². The summed E-state index contributed by atoms with van der Waals surface area (Å²) in [5.41, 5.74) is 0. The van der Waals surface area contributed by atoms with Crippen molar-refractivity contribution in [3.8, 4) is 0 Å². The molecule has 384 valence electrons. The largest absolute Gasteiger partial charge is 0.462 e. The molecule has 0 aliphatic rings. The molecule has 1 atom stereocenters. The third-order valence-corrected chi connectivity index (χ3v) is 10.6.